The number of hydrogen-bond acceptors (Lipinski definition) is 10. The summed E-state index contributed by atoms with van der Waals surface area (Å²) >= 11 is 0. The maximum Gasteiger partial charge on any atom is 0.206 e. The molecule has 0 unspecified atom stereocenters. The molecule has 4 N–H and O–H groups in total. The van der Waals surface area contributed by atoms with Gasteiger partial charge >= 0.3 is 0 Å². The molecule has 19 rings (SSSR count). The highest BCUT2D eigenvalue weighted by Crippen LogP contribution is 2.60. The van der Waals surface area contributed by atoms with E-state index < -0.39 is 47.6 Å². The fourth-order valence-corrected chi connectivity index (χ4v) is 19.1. The fraction of sp³-hybridized carbons (Fsp3) is 0.0303. The molecule has 0 fully saturated rings. The van der Waals surface area contributed by atoms with Gasteiger partial charge in [0.2, 0.25) is 19.7 Å². The molecule has 0 saturated carbocycles. The number of halogens is 2. The van der Waals surface area contributed by atoms with Crippen LogP contribution in [-0.4, -0.2) is 37.3 Å². The van der Waals surface area contributed by atoms with Crippen molar-refractivity contribution in [2.45, 2.75) is 35.8 Å². The third-order valence-corrected chi connectivity index (χ3v) is 25.2. The number of ether oxygens (including phenoxy) is 2. The van der Waals surface area contributed by atoms with Crippen molar-refractivity contribution in [3.8, 4) is 79.4 Å². The molecule has 16 aromatic carbocycles. The zero-order chi connectivity index (χ0) is 77.6. The molecule has 0 heterocycles. The summed E-state index contributed by atoms with van der Waals surface area (Å²) in [5.74, 6) is 2.09. The number of benzene rings is 16. The molecule has 0 saturated heterocycles. The van der Waals surface area contributed by atoms with E-state index in [1.54, 1.807) is 97.1 Å². The van der Waals surface area contributed by atoms with Crippen molar-refractivity contribution < 1.29 is 55.5 Å². The van der Waals surface area contributed by atoms with Crippen LogP contribution < -0.4 is 9.47 Å². The van der Waals surface area contributed by atoms with E-state index in [0.717, 1.165) is 79.9 Å². The van der Waals surface area contributed by atoms with Crippen molar-refractivity contribution in [3.63, 3.8) is 0 Å². The van der Waals surface area contributed by atoms with Gasteiger partial charge in [-0.1, -0.05) is 218 Å². The first-order valence-electron chi connectivity index (χ1n) is 36.5. The Morgan fingerprint density at radius 3 is 0.558 bits per heavy atom. The number of phenolic OH excluding ortho intramolecular Hbond substituents is 4. The maximum atomic E-state index is 13.9. The lowest BCUT2D eigenvalue weighted by atomic mass is 9.68. The lowest BCUT2D eigenvalue weighted by molar-refractivity contribution is 0.474. The van der Waals surface area contributed by atoms with Crippen LogP contribution in [0.1, 0.15) is 66.8 Å². The van der Waals surface area contributed by atoms with Gasteiger partial charge in [-0.15, -0.1) is 0 Å². The average molecular weight is 1520 g/mol. The van der Waals surface area contributed by atoms with Gasteiger partial charge in [0, 0.05) is 0 Å². The number of fused-ring (bicyclic) bond motifs is 9. The smallest absolute Gasteiger partial charge is 0.206 e. The lowest BCUT2D eigenvalue weighted by Gasteiger charge is -2.34. The predicted octanol–water partition coefficient (Wildman–Crippen LogP) is 22.5. The van der Waals surface area contributed by atoms with Crippen LogP contribution in [0.25, 0.3) is 33.4 Å². The molecule has 0 aliphatic heterocycles. The minimum atomic E-state index is -3.86. The van der Waals surface area contributed by atoms with Crippen LogP contribution >= 0.6 is 0 Å². The first kappa shape index (κ1) is 72.0. The Balaban J connectivity index is 0.000000170. The van der Waals surface area contributed by atoms with E-state index in [9.17, 15) is 46.0 Å². The third-order valence-electron chi connectivity index (χ3n) is 21.6. The van der Waals surface area contributed by atoms with Gasteiger partial charge in [-0.2, -0.15) is 0 Å². The minimum absolute atomic E-state index is 0.0227. The predicted molar refractivity (Wildman–Crippen MR) is 435 cm³/mol. The number of aromatic hydroxyl groups is 4. The molecule has 0 radical (unpaired) electrons. The second-order valence-corrected chi connectivity index (χ2v) is 31.7. The van der Waals surface area contributed by atoms with Gasteiger partial charge in [0.15, 0.2) is 0 Å². The Hall–Kier alpha value is -13.9. The van der Waals surface area contributed by atoms with E-state index >= 15 is 0 Å². The van der Waals surface area contributed by atoms with E-state index in [1.807, 2.05) is 72.8 Å². The summed E-state index contributed by atoms with van der Waals surface area (Å²) in [6, 6.07) is 119. The number of rotatable bonds is 14. The van der Waals surface area contributed by atoms with Crippen molar-refractivity contribution in [1.82, 2.24) is 0 Å². The van der Waals surface area contributed by atoms with Crippen LogP contribution in [0.5, 0.6) is 46.0 Å². The molecule has 0 aromatic heterocycles. The normalized spacial score (nSPS) is 13.4. The molecular weight excluding hydrogens is 1450 g/mol. The van der Waals surface area contributed by atoms with Crippen LogP contribution in [0.2, 0.25) is 0 Å². The van der Waals surface area contributed by atoms with Crippen LogP contribution in [-0.2, 0) is 35.9 Å². The molecule has 0 atom stereocenters. The van der Waals surface area contributed by atoms with Crippen molar-refractivity contribution in [2.75, 3.05) is 0 Å². The standard InChI is InChI=1S/C62H42O6S.C25H18O2.C12H8F2O2S/c63-45-25-17-41(18-26-45)61(57-13-5-1-9-53(57)54-10-2-6-14-58(54)61)43-21-29-47(30-22-43)67-49-33-37-51(38-34-49)69(65,66)52-39-35-50(36-40-52)68-48-31-23-44(24-32-48)62(42-19-27-46(64)28-20-42)59-15-7-3-11-55(59)56-12-4-8-16-60(56)62;26-19-13-9-17(10-14-19)25(18-11-15-20(27)16-12-18)23-7-3-1-5-21(23)22-6-2-4-8-24(22)25;13-9-1-5-11(6-2-9)17(15,16)12-7-3-10(14)4-8-12/h1-40,63-64H;1-16,26-27H;1-8H. The van der Waals surface area contributed by atoms with E-state index in [4.69, 9.17) is 9.47 Å². The zero-order valence-electron chi connectivity index (χ0n) is 60.3. The van der Waals surface area contributed by atoms with Gasteiger partial charge in [0.1, 0.15) is 57.6 Å². The molecule has 3 aliphatic rings. The molecular formula is C99H68F2O10S2. The summed E-state index contributed by atoms with van der Waals surface area (Å²) in [5, 5.41) is 40.2. The van der Waals surface area contributed by atoms with Gasteiger partial charge in [0.05, 0.1) is 35.8 Å². The molecule has 10 nitrogen and oxygen atoms in total. The van der Waals surface area contributed by atoms with Crippen molar-refractivity contribution >= 4 is 19.7 Å². The van der Waals surface area contributed by atoms with Gasteiger partial charge in [0.25, 0.3) is 0 Å². The van der Waals surface area contributed by atoms with E-state index in [-0.39, 0.29) is 42.6 Å². The van der Waals surface area contributed by atoms with Crippen LogP contribution in [0.15, 0.2) is 408 Å². The Bertz CT molecular complexity index is 5990. The first-order valence-corrected chi connectivity index (χ1v) is 39.5. The highest BCUT2D eigenvalue weighted by atomic mass is 32.2. The largest absolute Gasteiger partial charge is 0.508 e. The van der Waals surface area contributed by atoms with Gasteiger partial charge in [-0.05, 0) is 270 Å². The topological polar surface area (TPSA) is 168 Å². The van der Waals surface area contributed by atoms with Crippen molar-refractivity contribution in [1.29, 1.82) is 0 Å². The quantitative estimate of drug-likeness (QED) is 0.0769. The second kappa shape index (κ2) is 29.1. The minimum Gasteiger partial charge on any atom is -0.508 e. The van der Waals surface area contributed by atoms with Gasteiger partial charge in [-0.3, -0.25) is 0 Å². The summed E-state index contributed by atoms with van der Waals surface area (Å²) in [7, 11) is -7.57. The molecule has 0 spiro atoms. The summed E-state index contributed by atoms with van der Waals surface area (Å²) in [5.41, 5.74) is 18.8. The average Bonchev–Trinajstić information content (AvgIpc) is 1.57. The van der Waals surface area contributed by atoms with E-state index in [1.165, 1.54) is 68.8 Å². The highest BCUT2D eigenvalue weighted by Gasteiger charge is 2.49. The summed E-state index contributed by atoms with van der Waals surface area (Å²) in [6.45, 7) is 0. The Morgan fingerprint density at radius 2 is 0.363 bits per heavy atom. The van der Waals surface area contributed by atoms with Gasteiger partial charge < -0.3 is 29.9 Å². The van der Waals surface area contributed by atoms with Crippen molar-refractivity contribution in [2.24, 2.45) is 0 Å². The molecule has 0 amide bonds. The highest BCUT2D eigenvalue weighted by molar-refractivity contribution is 7.91. The monoisotopic (exact) mass is 1520 g/mol. The SMILES string of the molecule is O=S(=O)(c1ccc(F)cc1)c1ccc(F)cc1.O=S(=O)(c1ccc(Oc2ccc(C3(c4ccc(O)cc4)c4ccccc4-c4ccccc43)cc2)cc1)c1ccc(Oc2ccc(C3(c4ccc(O)cc4)c4ccccc4-c4ccccc43)cc2)cc1.Oc1ccc(C2(c3ccc(O)cc3)c3ccccc3-c3ccccc32)cc1. The lowest BCUT2D eigenvalue weighted by Crippen LogP contribution is -2.28. The molecule has 0 bridgehead atoms. The molecule has 16 aromatic rings. The molecule has 3 aliphatic carbocycles. The Labute approximate surface area is 652 Å². The number of sulfone groups is 2. The maximum absolute atomic E-state index is 13.9. The molecule has 113 heavy (non-hydrogen) atoms. The van der Waals surface area contributed by atoms with Crippen molar-refractivity contribution in [3.05, 3.63) is 467 Å². The van der Waals surface area contributed by atoms with Crippen LogP contribution in [0.4, 0.5) is 8.78 Å². The summed E-state index contributed by atoms with van der Waals surface area (Å²) in [6.07, 6.45) is 0. The zero-order valence-corrected chi connectivity index (χ0v) is 61.9. The fourth-order valence-electron chi connectivity index (χ4n) is 16.6. The van der Waals surface area contributed by atoms with E-state index in [0.29, 0.717) is 23.0 Å². The summed E-state index contributed by atoms with van der Waals surface area (Å²) in [4.78, 5) is 0.235. The third kappa shape index (κ3) is 12.6. The van der Waals surface area contributed by atoms with E-state index in [2.05, 4.69) is 170 Å². The Morgan fingerprint density at radius 1 is 0.204 bits per heavy atom. The summed E-state index contributed by atoms with van der Waals surface area (Å²) < 4.78 is 89.7. The molecule has 550 valence electrons. The van der Waals surface area contributed by atoms with Crippen LogP contribution in [0, 0.1) is 11.6 Å². The Kier molecular flexibility index (Phi) is 18.6. The number of hydrogen-bond donors (Lipinski definition) is 4. The van der Waals surface area contributed by atoms with Crippen LogP contribution in [0.3, 0.4) is 0 Å². The first-order chi connectivity index (χ1) is 54.9. The van der Waals surface area contributed by atoms with Gasteiger partial charge in [-0.25, -0.2) is 25.6 Å². The molecule has 14 heteroatoms. The second-order valence-electron chi connectivity index (χ2n) is 27.8. The number of phenols is 4.